The van der Waals surface area contributed by atoms with E-state index in [0.29, 0.717) is 11.7 Å². The molecule has 0 spiro atoms. The number of alkyl halides is 3. The van der Waals surface area contributed by atoms with E-state index in [2.05, 4.69) is 6.92 Å². The Morgan fingerprint density at radius 2 is 1.81 bits per heavy atom. The van der Waals surface area contributed by atoms with Crippen molar-refractivity contribution < 1.29 is 13.2 Å². The molecule has 0 aromatic heterocycles. The smallest absolute Gasteiger partial charge is 0.372 e. The van der Waals surface area contributed by atoms with Gasteiger partial charge in [-0.05, 0) is 49.8 Å². The summed E-state index contributed by atoms with van der Waals surface area (Å²) in [6.45, 7) is 2.22. The SMILES string of the molecule is CC1CCC(N(C)c2ccc(C(F)(F)F)c(C#N)c2)CC1. The van der Waals surface area contributed by atoms with Crippen LogP contribution in [0.1, 0.15) is 43.7 Å². The number of hydrogen-bond donors (Lipinski definition) is 0. The van der Waals surface area contributed by atoms with E-state index in [9.17, 15) is 13.2 Å². The fourth-order valence-electron chi connectivity index (χ4n) is 2.93. The van der Waals surface area contributed by atoms with Crippen molar-refractivity contribution in [1.82, 2.24) is 0 Å². The largest absolute Gasteiger partial charge is 0.417 e. The molecule has 0 heterocycles. The Balaban J connectivity index is 2.23. The highest BCUT2D eigenvalue weighted by Crippen LogP contribution is 2.35. The first-order valence-corrected chi connectivity index (χ1v) is 7.17. The third kappa shape index (κ3) is 3.49. The third-order valence-electron chi connectivity index (χ3n) is 4.37. The molecular weight excluding hydrogens is 277 g/mol. The highest BCUT2D eigenvalue weighted by atomic mass is 19.4. The Morgan fingerprint density at radius 3 is 2.33 bits per heavy atom. The molecule has 0 amide bonds. The molecule has 1 aromatic carbocycles. The number of nitriles is 1. The van der Waals surface area contributed by atoms with E-state index >= 15 is 0 Å². The molecule has 2 rings (SSSR count). The molecule has 0 bridgehead atoms. The van der Waals surface area contributed by atoms with Gasteiger partial charge in [-0.3, -0.25) is 0 Å². The number of hydrogen-bond acceptors (Lipinski definition) is 2. The predicted molar refractivity (Wildman–Crippen MR) is 76.0 cm³/mol. The Morgan fingerprint density at radius 1 is 1.19 bits per heavy atom. The van der Waals surface area contributed by atoms with Gasteiger partial charge >= 0.3 is 6.18 Å². The van der Waals surface area contributed by atoms with Crippen molar-refractivity contribution in [3.05, 3.63) is 29.3 Å². The molecule has 1 saturated carbocycles. The second-order valence-electron chi connectivity index (χ2n) is 5.86. The molecule has 1 aromatic rings. The Kier molecular flexibility index (Phi) is 4.46. The standard InChI is InChI=1S/C16H19F3N2/c1-11-3-5-13(6-4-11)21(2)14-7-8-15(16(17,18)19)12(9-14)10-20/h7-9,11,13H,3-6H2,1-2H3. The number of halogens is 3. The lowest BCUT2D eigenvalue weighted by Gasteiger charge is -2.35. The van der Waals surface area contributed by atoms with Crippen molar-refractivity contribution >= 4 is 5.69 Å². The minimum absolute atomic E-state index is 0.309. The van der Waals surface area contributed by atoms with E-state index in [0.717, 1.165) is 37.7 Å². The molecule has 0 unspecified atom stereocenters. The monoisotopic (exact) mass is 296 g/mol. The molecule has 0 saturated heterocycles. The third-order valence-corrected chi connectivity index (χ3v) is 4.37. The maximum absolute atomic E-state index is 12.8. The van der Waals surface area contributed by atoms with Crippen LogP contribution in [0.2, 0.25) is 0 Å². The zero-order valence-corrected chi connectivity index (χ0v) is 12.2. The highest BCUT2D eigenvalue weighted by Gasteiger charge is 2.34. The van der Waals surface area contributed by atoms with Gasteiger partial charge in [0.1, 0.15) is 0 Å². The molecule has 0 atom stereocenters. The van der Waals surface area contributed by atoms with Crippen LogP contribution in [-0.2, 0) is 6.18 Å². The van der Waals surface area contributed by atoms with Crippen molar-refractivity contribution in [2.45, 2.75) is 44.8 Å². The topological polar surface area (TPSA) is 27.0 Å². The molecular formula is C16H19F3N2. The first kappa shape index (κ1) is 15.7. The maximum Gasteiger partial charge on any atom is 0.417 e. The van der Waals surface area contributed by atoms with E-state index in [1.54, 1.807) is 6.07 Å². The van der Waals surface area contributed by atoms with Gasteiger partial charge in [-0.1, -0.05) is 6.92 Å². The van der Waals surface area contributed by atoms with E-state index < -0.39 is 11.7 Å². The normalized spacial score (nSPS) is 22.7. The summed E-state index contributed by atoms with van der Waals surface area (Å²) in [5.41, 5.74) is -0.491. The van der Waals surface area contributed by atoms with Gasteiger partial charge in [0, 0.05) is 18.8 Å². The molecule has 114 valence electrons. The molecule has 1 fully saturated rings. The number of nitrogens with zero attached hydrogens (tertiary/aromatic N) is 2. The minimum atomic E-state index is -4.48. The van der Waals surface area contributed by atoms with E-state index in [1.807, 2.05) is 11.9 Å². The van der Waals surface area contributed by atoms with Gasteiger partial charge in [0.25, 0.3) is 0 Å². The summed E-state index contributed by atoms with van der Waals surface area (Å²) in [4.78, 5) is 2.01. The first-order valence-electron chi connectivity index (χ1n) is 7.17. The van der Waals surface area contributed by atoms with Gasteiger partial charge < -0.3 is 4.90 Å². The van der Waals surface area contributed by atoms with Crippen LogP contribution in [0.4, 0.5) is 18.9 Å². The molecule has 0 aliphatic heterocycles. The van der Waals surface area contributed by atoms with Gasteiger partial charge in [0.05, 0.1) is 17.2 Å². The molecule has 5 heteroatoms. The van der Waals surface area contributed by atoms with Crippen LogP contribution in [0.25, 0.3) is 0 Å². The van der Waals surface area contributed by atoms with Gasteiger partial charge in [0.15, 0.2) is 0 Å². The average Bonchev–Trinajstić information content (AvgIpc) is 2.45. The lowest BCUT2D eigenvalue weighted by atomic mass is 9.86. The first-order chi connectivity index (χ1) is 9.82. The Labute approximate surface area is 123 Å². The van der Waals surface area contributed by atoms with E-state index in [-0.39, 0.29) is 5.56 Å². The summed E-state index contributed by atoms with van der Waals surface area (Å²) in [6.07, 6.45) is -0.120. The van der Waals surface area contributed by atoms with Crippen molar-refractivity contribution in [1.29, 1.82) is 5.26 Å². The summed E-state index contributed by atoms with van der Waals surface area (Å²) < 4.78 is 38.4. The van der Waals surface area contributed by atoms with Crippen molar-refractivity contribution in [2.75, 3.05) is 11.9 Å². The summed E-state index contributed by atoms with van der Waals surface area (Å²) >= 11 is 0. The molecule has 1 aliphatic rings. The van der Waals surface area contributed by atoms with Gasteiger partial charge in [-0.15, -0.1) is 0 Å². The molecule has 0 N–H and O–H groups in total. The summed E-state index contributed by atoms with van der Waals surface area (Å²) in [5.74, 6) is 0.719. The zero-order chi connectivity index (χ0) is 15.6. The van der Waals surface area contributed by atoms with Gasteiger partial charge in [-0.25, -0.2) is 0 Å². The van der Waals surface area contributed by atoms with Crippen LogP contribution in [-0.4, -0.2) is 13.1 Å². The summed E-state index contributed by atoms with van der Waals surface area (Å²) in [7, 11) is 1.89. The average molecular weight is 296 g/mol. The van der Waals surface area contributed by atoms with Crippen LogP contribution < -0.4 is 4.90 Å². The fraction of sp³-hybridized carbons (Fsp3) is 0.562. The van der Waals surface area contributed by atoms with Gasteiger partial charge in [-0.2, -0.15) is 18.4 Å². The number of anilines is 1. The Bertz CT molecular complexity index is 537. The van der Waals surface area contributed by atoms with Crippen LogP contribution in [0.3, 0.4) is 0 Å². The van der Waals surface area contributed by atoms with Crippen molar-refractivity contribution in [3.8, 4) is 6.07 Å². The molecule has 2 nitrogen and oxygen atoms in total. The second-order valence-corrected chi connectivity index (χ2v) is 5.86. The second kappa shape index (κ2) is 5.97. The summed E-state index contributed by atoms with van der Waals surface area (Å²) in [5, 5.41) is 8.96. The quantitative estimate of drug-likeness (QED) is 0.798. The lowest BCUT2D eigenvalue weighted by molar-refractivity contribution is -0.137. The Hall–Kier alpha value is -1.70. The van der Waals surface area contributed by atoms with Gasteiger partial charge in [0.2, 0.25) is 0 Å². The number of rotatable bonds is 2. The van der Waals surface area contributed by atoms with Crippen molar-refractivity contribution in [3.63, 3.8) is 0 Å². The van der Waals surface area contributed by atoms with E-state index in [1.165, 1.54) is 12.1 Å². The molecule has 0 radical (unpaired) electrons. The van der Waals surface area contributed by atoms with Crippen LogP contribution in [0.5, 0.6) is 0 Å². The van der Waals surface area contributed by atoms with E-state index in [4.69, 9.17) is 5.26 Å². The molecule has 1 aliphatic carbocycles. The van der Waals surface area contributed by atoms with Crippen LogP contribution in [0, 0.1) is 17.2 Å². The van der Waals surface area contributed by atoms with Crippen molar-refractivity contribution in [2.24, 2.45) is 5.92 Å². The van der Waals surface area contributed by atoms with Crippen LogP contribution >= 0.6 is 0 Å². The number of benzene rings is 1. The zero-order valence-electron chi connectivity index (χ0n) is 12.2. The lowest BCUT2D eigenvalue weighted by Crippen LogP contribution is -2.34. The molecule has 21 heavy (non-hydrogen) atoms. The maximum atomic E-state index is 12.8. The summed E-state index contributed by atoms with van der Waals surface area (Å²) in [6, 6.07) is 5.82. The van der Waals surface area contributed by atoms with Crippen LogP contribution in [0.15, 0.2) is 18.2 Å². The highest BCUT2D eigenvalue weighted by molar-refractivity contribution is 5.55. The minimum Gasteiger partial charge on any atom is -0.372 e. The fourth-order valence-corrected chi connectivity index (χ4v) is 2.93. The predicted octanol–water partition coefficient (Wildman–Crippen LogP) is 4.59.